The molecule has 0 bridgehead atoms. The summed E-state index contributed by atoms with van der Waals surface area (Å²) >= 11 is 0. The van der Waals surface area contributed by atoms with E-state index in [-0.39, 0.29) is 23.3 Å². The van der Waals surface area contributed by atoms with Gasteiger partial charge < -0.3 is 9.47 Å². The number of nitrogens with zero attached hydrogens (tertiary/aromatic N) is 2. The van der Waals surface area contributed by atoms with E-state index in [1.807, 2.05) is 76.2 Å². The van der Waals surface area contributed by atoms with Crippen LogP contribution in [0.25, 0.3) is 33.2 Å². The van der Waals surface area contributed by atoms with E-state index in [1.54, 1.807) is 12.1 Å². The minimum absolute atomic E-state index is 0.245. The van der Waals surface area contributed by atoms with E-state index in [1.165, 1.54) is 0 Å². The Morgan fingerprint density at radius 1 is 0.694 bits per heavy atom. The summed E-state index contributed by atoms with van der Waals surface area (Å²) in [5.74, 6) is -0.976. The van der Waals surface area contributed by atoms with Crippen molar-refractivity contribution in [3.05, 3.63) is 71.8 Å². The fraction of sp³-hybridized carbons (Fsp3) is 0.333. The first-order chi connectivity index (χ1) is 17.4. The van der Waals surface area contributed by atoms with E-state index in [9.17, 15) is 9.59 Å². The largest absolute Gasteiger partial charge is 0.459 e. The van der Waals surface area contributed by atoms with Gasteiger partial charge in [-0.25, -0.2) is 19.6 Å². The monoisotopic (exact) mass is 484 g/mol. The zero-order valence-corrected chi connectivity index (χ0v) is 21.3. The Kier molecular flexibility index (Phi) is 7.93. The minimum atomic E-state index is -0.488. The minimum Gasteiger partial charge on any atom is -0.459 e. The molecule has 0 aliphatic heterocycles. The van der Waals surface area contributed by atoms with Gasteiger partial charge >= 0.3 is 11.9 Å². The Bertz CT molecular complexity index is 1290. The Morgan fingerprint density at radius 2 is 1.08 bits per heavy atom. The zero-order chi connectivity index (χ0) is 25.7. The second kappa shape index (κ2) is 11.3. The standard InChI is InChI=1S/C30H32N2O4/c1-5-11-19(3)35-29(33)23-17-21-13-7-9-15-25(21)31-27(23)28-24(30(34)36-20(4)12-6-2)18-22-14-8-10-16-26(22)32-28/h7-10,13-20H,5-6,11-12H2,1-4H3/t19-,20-/m0/s1. The molecule has 0 N–H and O–H groups in total. The third-order valence-corrected chi connectivity index (χ3v) is 6.12. The SMILES string of the molecule is CCC[C@H](C)OC(=O)c1cc2ccccc2nc1-c1nc2ccccc2cc1C(=O)O[C@@H](C)CCC. The number of aromatic nitrogens is 2. The number of hydrogen-bond donors (Lipinski definition) is 0. The van der Waals surface area contributed by atoms with Crippen LogP contribution in [0.4, 0.5) is 0 Å². The molecule has 4 rings (SSSR count). The Balaban J connectivity index is 1.92. The van der Waals surface area contributed by atoms with Gasteiger partial charge in [-0.2, -0.15) is 0 Å². The molecule has 0 aliphatic carbocycles. The van der Waals surface area contributed by atoms with Gasteiger partial charge in [0.25, 0.3) is 0 Å². The molecule has 6 heteroatoms. The number of carbonyl (C=O) groups is 2. The maximum atomic E-state index is 13.4. The first-order valence-corrected chi connectivity index (χ1v) is 12.6. The highest BCUT2D eigenvalue weighted by Crippen LogP contribution is 2.31. The highest BCUT2D eigenvalue weighted by atomic mass is 16.5. The second-order valence-corrected chi connectivity index (χ2v) is 9.16. The van der Waals surface area contributed by atoms with E-state index in [0.29, 0.717) is 22.4 Å². The quantitative estimate of drug-likeness (QED) is 0.235. The summed E-state index contributed by atoms with van der Waals surface area (Å²) in [6.45, 7) is 7.84. The topological polar surface area (TPSA) is 78.4 Å². The summed E-state index contributed by atoms with van der Waals surface area (Å²) < 4.78 is 11.5. The molecule has 4 aromatic rings. The lowest BCUT2D eigenvalue weighted by molar-refractivity contribution is 0.0311. The van der Waals surface area contributed by atoms with Crippen LogP contribution in [0.2, 0.25) is 0 Å². The van der Waals surface area contributed by atoms with Crippen molar-refractivity contribution >= 4 is 33.7 Å². The molecule has 0 saturated heterocycles. The van der Waals surface area contributed by atoms with Crippen LogP contribution in [-0.4, -0.2) is 34.1 Å². The van der Waals surface area contributed by atoms with E-state index >= 15 is 0 Å². The number of fused-ring (bicyclic) bond motifs is 2. The molecule has 0 spiro atoms. The fourth-order valence-electron chi connectivity index (χ4n) is 4.33. The summed E-state index contributed by atoms with van der Waals surface area (Å²) in [6.07, 6.45) is 2.81. The maximum absolute atomic E-state index is 13.4. The molecule has 2 heterocycles. The van der Waals surface area contributed by atoms with Gasteiger partial charge in [0.1, 0.15) is 11.4 Å². The summed E-state index contributed by atoms with van der Waals surface area (Å²) in [5.41, 5.74) is 2.55. The lowest BCUT2D eigenvalue weighted by atomic mass is 10.0. The number of esters is 2. The van der Waals surface area contributed by atoms with Crippen LogP contribution in [0, 0.1) is 0 Å². The number of rotatable bonds is 9. The number of ether oxygens (including phenoxy) is 2. The number of carbonyl (C=O) groups excluding carboxylic acids is 2. The Morgan fingerprint density at radius 3 is 1.47 bits per heavy atom. The number of benzene rings is 2. The van der Waals surface area contributed by atoms with E-state index in [2.05, 4.69) is 0 Å². The molecule has 2 aromatic heterocycles. The second-order valence-electron chi connectivity index (χ2n) is 9.16. The molecule has 6 nitrogen and oxygen atoms in total. The van der Waals surface area contributed by atoms with Gasteiger partial charge in [-0.05, 0) is 51.0 Å². The van der Waals surface area contributed by atoms with Gasteiger partial charge in [0, 0.05) is 10.8 Å². The lowest BCUT2D eigenvalue weighted by Crippen LogP contribution is -2.18. The maximum Gasteiger partial charge on any atom is 0.340 e. The van der Waals surface area contributed by atoms with Gasteiger partial charge in [0.05, 0.1) is 34.4 Å². The highest BCUT2D eigenvalue weighted by molar-refractivity contribution is 6.05. The molecule has 0 unspecified atom stereocenters. The van der Waals surface area contributed by atoms with Gasteiger partial charge in [-0.3, -0.25) is 0 Å². The van der Waals surface area contributed by atoms with Crippen molar-refractivity contribution in [2.45, 2.75) is 65.6 Å². The van der Waals surface area contributed by atoms with Crippen LogP contribution in [-0.2, 0) is 9.47 Å². The molecule has 36 heavy (non-hydrogen) atoms. The van der Waals surface area contributed by atoms with Crippen LogP contribution in [0.1, 0.15) is 74.1 Å². The van der Waals surface area contributed by atoms with Crippen molar-refractivity contribution in [3.63, 3.8) is 0 Å². The van der Waals surface area contributed by atoms with Gasteiger partial charge in [0.2, 0.25) is 0 Å². The zero-order valence-electron chi connectivity index (χ0n) is 21.3. The average Bonchev–Trinajstić information content (AvgIpc) is 2.87. The molecule has 2 aromatic carbocycles. The van der Waals surface area contributed by atoms with E-state index < -0.39 is 11.9 Å². The normalized spacial score (nSPS) is 12.9. The predicted molar refractivity (Wildman–Crippen MR) is 142 cm³/mol. The highest BCUT2D eigenvalue weighted by Gasteiger charge is 2.26. The summed E-state index contributed by atoms with van der Waals surface area (Å²) in [5, 5.41) is 1.61. The summed E-state index contributed by atoms with van der Waals surface area (Å²) in [6, 6.07) is 18.6. The van der Waals surface area contributed by atoms with Crippen LogP contribution in [0.3, 0.4) is 0 Å². The summed E-state index contributed by atoms with van der Waals surface area (Å²) in [4.78, 5) is 36.4. The number of pyridine rings is 2. The molecule has 0 amide bonds. The van der Waals surface area contributed by atoms with Gasteiger partial charge in [0.15, 0.2) is 0 Å². The van der Waals surface area contributed by atoms with Crippen LogP contribution >= 0.6 is 0 Å². The van der Waals surface area contributed by atoms with E-state index in [4.69, 9.17) is 19.4 Å². The Hall–Kier alpha value is -3.80. The van der Waals surface area contributed by atoms with E-state index in [0.717, 1.165) is 36.5 Å². The first-order valence-electron chi connectivity index (χ1n) is 12.6. The molecule has 0 aliphatic rings. The van der Waals surface area contributed by atoms with Crippen molar-refractivity contribution in [1.29, 1.82) is 0 Å². The molecular weight excluding hydrogens is 452 g/mol. The van der Waals surface area contributed by atoms with Gasteiger partial charge in [-0.1, -0.05) is 63.1 Å². The fourth-order valence-corrected chi connectivity index (χ4v) is 4.33. The molecule has 2 atom stereocenters. The molecule has 0 fully saturated rings. The number of hydrogen-bond acceptors (Lipinski definition) is 6. The van der Waals surface area contributed by atoms with Gasteiger partial charge in [-0.15, -0.1) is 0 Å². The lowest BCUT2D eigenvalue weighted by Gasteiger charge is -2.17. The Labute approximate surface area is 211 Å². The smallest absolute Gasteiger partial charge is 0.340 e. The predicted octanol–water partition coefficient (Wildman–Crippen LogP) is 7.14. The molecular formula is C30H32N2O4. The summed E-state index contributed by atoms with van der Waals surface area (Å²) in [7, 11) is 0. The van der Waals surface area contributed by atoms with Crippen molar-refractivity contribution in [2.75, 3.05) is 0 Å². The van der Waals surface area contributed by atoms with Crippen LogP contribution in [0.15, 0.2) is 60.7 Å². The van der Waals surface area contributed by atoms with Crippen molar-refractivity contribution < 1.29 is 19.1 Å². The van der Waals surface area contributed by atoms with Crippen molar-refractivity contribution in [1.82, 2.24) is 9.97 Å². The van der Waals surface area contributed by atoms with Crippen LogP contribution < -0.4 is 0 Å². The average molecular weight is 485 g/mol. The third-order valence-electron chi connectivity index (χ3n) is 6.12. The molecule has 0 radical (unpaired) electrons. The first kappa shape index (κ1) is 25.3. The van der Waals surface area contributed by atoms with Crippen molar-refractivity contribution in [2.24, 2.45) is 0 Å². The van der Waals surface area contributed by atoms with Crippen molar-refractivity contribution in [3.8, 4) is 11.4 Å². The molecule has 186 valence electrons. The third kappa shape index (κ3) is 5.54. The van der Waals surface area contributed by atoms with Crippen LogP contribution in [0.5, 0.6) is 0 Å². The number of para-hydroxylation sites is 2. The molecule has 0 saturated carbocycles.